The molecule has 0 saturated heterocycles. The van der Waals surface area contributed by atoms with E-state index in [4.69, 9.17) is 0 Å². The predicted molar refractivity (Wildman–Crippen MR) is 82.5 cm³/mol. The van der Waals surface area contributed by atoms with E-state index in [2.05, 4.69) is 15.5 Å². The van der Waals surface area contributed by atoms with Crippen LogP contribution in [0.4, 0.5) is 0 Å². The van der Waals surface area contributed by atoms with Crippen LogP contribution in [-0.2, 0) is 4.79 Å². The summed E-state index contributed by atoms with van der Waals surface area (Å²) in [7, 11) is 0. The van der Waals surface area contributed by atoms with Crippen LogP contribution in [-0.4, -0.2) is 49.9 Å². The zero-order valence-corrected chi connectivity index (χ0v) is 13.3. The Morgan fingerprint density at radius 2 is 2.10 bits per heavy atom. The highest BCUT2D eigenvalue weighted by atomic mass is 32.2. The second-order valence-electron chi connectivity index (χ2n) is 4.57. The summed E-state index contributed by atoms with van der Waals surface area (Å²) in [6.45, 7) is 7.41. The van der Waals surface area contributed by atoms with E-state index in [-0.39, 0.29) is 5.91 Å². The molecule has 2 rings (SSSR count). The molecular weight excluding hydrogens is 286 g/mol. The molecule has 6 nitrogen and oxygen atoms in total. The number of benzene rings is 1. The minimum Gasteiger partial charge on any atom is -0.343 e. The first kappa shape index (κ1) is 15.5. The minimum atomic E-state index is 0.101. The molecule has 7 heteroatoms. The van der Waals surface area contributed by atoms with Crippen molar-refractivity contribution in [3.8, 4) is 5.69 Å². The lowest BCUT2D eigenvalue weighted by Gasteiger charge is -2.17. The van der Waals surface area contributed by atoms with Gasteiger partial charge in [-0.2, -0.15) is 4.68 Å². The number of carbonyl (C=O) groups is 1. The first-order valence-electron chi connectivity index (χ1n) is 6.91. The Labute approximate surface area is 128 Å². The third kappa shape index (κ3) is 3.81. The Balaban J connectivity index is 2.09. The van der Waals surface area contributed by atoms with Gasteiger partial charge in [-0.25, -0.2) is 0 Å². The molecule has 0 saturated carbocycles. The first-order chi connectivity index (χ1) is 10.2. The van der Waals surface area contributed by atoms with Crippen LogP contribution >= 0.6 is 11.8 Å². The number of thioether (sulfide) groups is 1. The van der Waals surface area contributed by atoms with Crippen LogP contribution in [0.5, 0.6) is 0 Å². The largest absolute Gasteiger partial charge is 0.343 e. The summed E-state index contributed by atoms with van der Waals surface area (Å²) in [6, 6.07) is 7.93. The molecule has 21 heavy (non-hydrogen) atoms. The van der Waals surface area contributed by atoms with Gasteiger partial charge in [0.1, 0.15) is 0 Å². The number of carbonyl (C=O) groups excluding carboxylic acids is 1. The third-order valence-corrected chi connectivity index (χ3v) is 4.03. The average Bonchev–Trinajstić information content (AvgIpc) is 2.95. The van der Waals surface area contributed by atoms with Gasteiger partial charge in [0.25, 0.3) is 0 Å². The van der Waals surface area contributed by atoms with Crippen molar-refractivity contribution >= 4 is 17.7 Å². The predicted octanol–water partition coefficient (Wildman–Crippen LogP) is 1.93. The lowest BCUT2D eigenvalue weighted by Crippen LogP contribution is -2.31. The van der Waals surface area contributed by atoms with Crippen LogP contribution in [0.3, 0.4) is 0 Å². The number of nitrogens with zero attached hydrogens (tertiary/aromatic N) is 5. The number of amides is 1. The van der Waals surface area contributed by atoms with Gasteiger partial charge in [-0.15, -0.1) is 5.10 Å². The second-order valence-corrected chi connectivity index (χ2v) is 5.51. The van der Waals surface area contributed by atoms with E-state index < -0.39 is 0 Å². The monoisotopic (exact) mass is 305 g/mol. The maximum atomic E-state index is 12.0. The summed E-state index contributed by atoms with van der Waals surface area (Å²) in [5.74, 6) is 0.442. The fraction of sp³-hybridized carbons (Fsp3) is 0.429. The molecule has 0 unspecified atom stereocenters. The number of hydrogen-bond donors (Lipinski definition) is 0. The molecule has 0 aliphatic rings. The smallest absolute Gasteiger partial charge is 0.233 e. The van der Waals surface area contributed by atoms with Crippen LogP contribution in [0.15, 0.2) is 29.4 Å². The molecule has 0 N–H and O–H groups in total. The molecule has 2 aromatic rings. The number of aryl methyl sites for hydroxylation is 1. The molecule has 1 aromatic carbocycles. The van der Waals surface area contributed by atoms with Crippen molar-refractivity contribution in [1.82, 2.24) is 25.1 Å². The van der Waals surface area contributed by atoms with E-state index >= 15 is 0 Å². The molecule has 1 amide bonds. The van der Waals surface area contributed by atoms with Crippen LogP contribution < -0.4 is 0 Å². The summed E-state index contributed by atoms with van der Waals surface area (Å²) in [4.78, 5) is 13.8. The standard InChI is InChI=1S/C14H19N5OS/c1-4-18(5-2)13(20)10-21-14-15-16-17-19(14)12-8-6-7-11(3)9-12/h6-9H,4-5,10H2,1-3H3. The van der Waals surface area contributed by atoms with Gasteiger partial charge >= 0.3 is 0 Å². The van der Waals surface area contributed by atoms with Gasteiger partial charge in [-0.05, 0) is 48.9 Å². The zero-order chi connectivity index (χ0) is 15.2. The minimum absolute atomic E-state index is 0.101. The number of aromatic nitrogens is 4. The van der Waals surface area contributed by atoms with E-state index in [0.29, 0.717) is 10.9 Å². The van der Waals surface area contributed by atoms with Crippen LogP contribution in [0.2, 0.25) is 0 Å². The van der Waals surface area contributed by atoms with Crippen molar-refractivity contribution in [2.75, 3.05) is 18.8 Å². The molecular formula is C14H19N5OS. The van der Waals surface area contributed by atoms with Gasteiger partial charge in [0.2, 0.25) is 11.1 Å². The van der Waals surface area contributed by atoms with Crippen LogP contribution in [0, 0.1) is 6.92 Å². The maximum Gasteiger partial charge on any atom is 0.233 e. The van der Waals surface area contributed by atoms with Gasteiger partial charge in [-0.1, -0.05) is 23.9 Å². The normalized spacial score (nSPS) is 10.6. The first-order valence-corrected chi connectivity index (χ1v) is 7.90. The van der Waals surface area contributed by atoms with Crippen LogP contribution in [0.1, 0.15) is 19.4 Å². The van der Waals surface area contributed by atoms with Crippen molar-refractivity contribution in [2.45, 2.75) is 25.9 Å². The molecule has 0 spiro atoms. The van der Waals surface area contributed by atoms with E-state index in [9.17, 15) is 4.79 Å². The fourth-order valence-electron chi connectivity index (χ4n) is 1.98. The summed E-state index contributed by atoms with van der Waals surface area (Å²) in [5.41, 5.74) is 2.04. The van der Waals surface area contributed by atoms with E-state index in [1.807, 2.05) is 45.0 Å². The van der Waals surface area contributed by atoms with Crippen molar-refractivity contribution in [3.05, 3.63) is 29.8 Å². The Morgan fingerprint density at radius 3 is 2.76 bits per heavy atom. The summed E-state index contributed by atoms with van der Waals surface area (Å²) in [6.07, 6.45) is 0. The summed E-state index contributed by atoms with van der Waals surface area (Å²) < 4.78 is 1.66. The zero-order valence-electron chi connectivity index (χ0n) is 12.5. The van der Waals surface area contributed by atoms with E-state index in [0.717, 1.165) is 24.3 Å². The van der Waals surface area contributed by atoms with Gasteiger partial charge in [0, 0.05) is 13.1 Å². The van der Waals surface area contributed by atoms with Crippen molar-refractivity contribution in [3.63, 3.8) is 0 Å². The maximum absolute atomic E-state index is 12.0. The summed E-state index contributed by atoms with van der Waals surface area (Å²) >= 11 is 1.36. The van der Waals surface area contributed by atoms with Crippen molar-refractivity contribution < 1.29 is 4.79 Å². The molecule has 0 bridgehead atoms. The van der Waals surface area contributed by atoms with E-state index in [1.165, 1.54) is 11.8 Å². The third-order valence-electron chi connectivity index (χ3n) is 3.13. The van der Waals surface area contributed by atoms with Crippen molar-refractivity contribution in [1.29, 1.82) is 0 Å². The number of rotatable bonds is 6. The Kier molecular flexibility index (Phi) is 5.32. The lowest BCUT2D eigenvalue weighted by molar-refractivity contribution is -0.127. The van der Waals surface area contributed by atoms with Gasteiger partial charge < -0.3 is 4.90 Å². The van der Waals surface area contributed by atoms with Gasteiger partial charge in [0.15, 0.2) is 0 Å². The fourth-order valence-corrected chi connectivity index (χ4v) is 2.78. The summed E-state index contributed by atoms with van der Waals surface area (Å²) in [5, 5.41) is 12.3. The average molecular weight is 305 g/mol. The Morgan fingerprint density at radius 1 is 1.33 bits per heavy atom. The highest BCUT2D eigenvalue weighted by Crippen LogP contribution is 2.19. The molecule has 0 aliphatic heterocycles. The van der Waals surface area contributed by atoms with E-state index in [1.54, 1.807) is 9.58 Å². The molecule has 1 heterocycles. The molecule has 0 aliphatic carbocycles. The SMILES string of the molecule is CCN(CC)C(=O)CSc1nnnn1-c1cccc(C)c1. The van der Waals surface area contributed by atoms with Crippen LogP contribution in [0.25, 0.3) is 5.69 Å². The van der Waals surface area contributed by atoms with Crippen molar-refractivity contribution in [2.24, 2.45) is 0 Å². The highest BCUT2D eigenvalue weighted by Gasteiger charge is 2.14. The Hall–Kier alpha value is -1.89. The highest BCUT2D eigenvalue weighted by molar-refractivity contribution is 7.99. The number of hydrogen-bond acceptors (Lipinski definition) is 5. The number of tetrazole rings is 1. The Bertz CT molecular complexity index is 609. The molecule has 112 valence electrons. The molecule has 0 radical (unpaired) electrons. The molecule has 0 fully saturated rings. The topological polar surface area (TPSA) is 63.9 Å². The lowest BCUT2D eigenvalue weighted by atomic mass is 10.2. The van der Waals surface area contributed by atoms with Gasteiger partial charge in [-0.3, -0.25) is 4.79 Å². The molecule has 1 aromatic heterocycles. The molecule has 0 atom stereocenters. The quantitative estimate of drug-likeness (QED) is 0.763. The van der Waals surface area contributed by atoms with Gasteiger partial charge in [0.05, 0.1) is 11.4 Å². The second kappa shape index (κ2) is 7.21.